The number of amides is 3. The van der Waals surface area contributed by atoms with E-state index in [1.54, 1.807) is 0 Å². The lowest BCUT2D eigenvalue weighted by Crippen LogP contribution is -2.50. The predicted octanol–water partition coefficient (Wildman–Crippen LogP) is 4.75. The largest absolute Gasteiger partial charge is 0.367 e. The summed E-state index contributed by atoms with van der Waals surface area (Å²) in [6.45, 7) is 10.2. The average molecular weight is 505 g/mol. The third-order valence-corrected chi connectivity index (χ3v) is 7.34. The van der Waals surface area contributed by atoms with Crippen LogP contribution in [0.3, 0.4) is 0 Å². The monoisotopic (exact) mass is 504 g/mol. The Hall–Kier alpha value is -3.35. The maximum Gasteiger partial charge on any atom is 0.256 e. The topological polar surface area (TPSA) is 73.0 Å². The molecule has 1 atom stereocenters. The molecular weight excluding hydrogens is 464 g/mol. The highest BCUT2D eigenvalue weighted by atomic mass is 16.2. The summed E-state index contributed by atoms with van der Waals surface area (Å²) < 4.78 is 0. The first-order valence-electron chi connectivity index (χ1n) is 13.7. The summed E-state index contributed by atoms with van der Waals surface area (Å²) in [5.41, 5.74) is 3.21. The van der Waals surface area contributed by atoms with Gasteiger partial charge in [0.1, 0.15) is 0 Å². The van der Waals surface area contributed by atoms with Crippen LogP contribution in [0.4, 0.5) is 11.4 Å². The van der Waals surface area contributed by atoms with E-state index in [-0.39, 0.29) is 29.6 Å². The molecule has 0 saturated carbocycles. The van der Waals surface area contributed by atoms with Gasteiger partial charge in [-0.1, -0.05) is 51.1 Å². The number of carbonyl (C=O) groups is 3. The van der Waals surface area contributed by atoms with Crippen molar-refractivity contribution in [3.05, 3.63) is 59.7 Å². The van der Waals surface area contributed by atoms with E-state index in [0.717, 1.165) is 43.6 Å². The van der Waals surface area contributed by atoms with Crippen LogP contribution in [-0.4, -0.2) is 66.8 Å². The molecule has 2 fully saturated rings. The van der Waals surface area contributed by atoms with E-state index in [0.29, 0.717) is 43.9 Å². The fraction of sp³-hybridized carbons (Fsp3) is 0.500. The van der Waals surface area contributed by atoms with E-state index >= 15 is 0 Å². The SMILES string of the molecule is CCC(C(=O)N1CCN(c2ccc(NC(=O)CC(C)C)cc2C(=O)N2CCCC2)CC1)c1ccccc1. The van der Waals surface area contributed by atoms with Crippen LogP contribution < -0.4 is 10.2 Å². The van der Waals surface area contributed by atoms with Gasteiger partial charge in [-0.15, -0.1) is 0 Å². The molecule has 2 aromatic carbocycles. The normalized spacial score (nSPS) is 16.7. The number of anilines is 2. The van der Waals surface area contributed by atoms with Crippen molar-refractivity contribution in [1.29, 1.82) is 0 Å². The van der Waals surface area contributed by atoms with Gasteiger partial charge in [0.2, 0.25) is 11.8 Å². The summed E-state index contributed by atoms with van der Waals surface area (Å²) in [7, 11) is 0. The first-order valence-corrected chi connectivity index (χ1v) is 13.7. The molecule has 1 N–H and O–H groups in total. The molecule has 37 heavy (non-hydrogen) atoms. The molecule has 0 radical (unpaired) electrons. The maximum atomic E-state index is 13.5. The van der Waals surface area contributed by atoms with Crippen LogP contribution in [0.2, 0.25) is 0 Å². The Morgan fingerprint density at radius 3 is 2.16 bits per heavy atom. The lowest BCUT2D eigenvalue weighted by Gasteiger charge is -2.38. The number of likely N-dealkylation sites (tertiary alicyclic amines) is 1. The highest BCUT2D eigenvalue weighted by Gasteiger charge is 2.30. The maximum absolute atomic E-state index is 13.5. The van der Waals surface area contributed by atoms with Crippen molar-refractivity contribution >= 4 is 29.1 Å². The summed E-state index contributed by atoms with van der Waals surface area (Å²) in [6.07, 6.45) is 3.25. The first kappa shape index (κ1) is 26.7. The Bertz CT molecular complexity index is 1090. The van der Waals surface area contributed by atoms with Gasteiger partial charge in [0.25, 0.3) is 5.91 Å². The van der Waals surface area contributed by atoms with Gasteiger partial charge in [-0.2, -0.15) is 0 Å². The van der Waals surface area contributed by atoms with Gasteiger partial charge < -0.3 is 20.0 Å². The van der Waals surface area contributed by atoms with Gasteiger partial charge in [0, 0.05) is 57.1 Å². The van der Waals surface area contributed by atoms with Gasteiger partial charge in [0.15, 0.2) is 0 Å². The molecule has 2 aliphatic heterocycles. The molecule has 7 nitrogen and oxygen atoms in total. The number of piperazine rings is 1. The molecule has 198 valence electrons. The van der Waals surface area contributed by atoms with Crippen molar-refractivity contribution in [2.45, 2.75) is 52.4 Å². The second-order valence-corrected chi connectivity index (χ2v) is 10.6. The fourth-order valence-electron chi connectivity index (χ4n) is 5.36. The molecule has 3 amide bonds. The van der Waals surface area contributed by atoms with Gasteiger partial charge in [-0.3, -0.25) is 14.4 Å². The summed E-state index contributed by atoms with van der Waals surface area (Å²) in [5.74, 6) is 0.274. The summed E-state index contributed by atoms with van der Waals surface area (Å²) in [5, 5.41) is 2.96. The number of benzene rings is 2. The Balaban J connectivity index is 1.50. The molecule has 2 heterocycles. The minimum Gasteiger partial charge on any atom is -0.367 e. The number of rotatable bonds is 8. The third kappa shape index (κ3) is 6.51. The lowest BCUT2D eigenvalue weighted by molar-refractivity contribution is -0.133. The van der Waals surface area contributed by atoms with Gasteiger partial charge >= 0.3 is 0 Å². The summed E-state index contributed by atoms with van der Waals surface area (Å²) >= 11 is 0. The van der Waals surface area contributed by atoms with Crippen LogP contribution in [0, 0.1) is 5.92 Å². The Morgan fingerprint density at radius 2 is 1.54 bits per heavy atom. The molecule has 0 aliphatic carbocycles. The van der Waals surface area contributed by atoms with E-state index in [2.05, 4.69) is 17.1 Å². The number of carbonyl (C=O) groups excluding carboxylic acids is 3. The molecule has 0 bridgehead atoms. The molecule has 1 unspecified atom stereocenters. The Labute approximate surface area is 220 Å². The highest BCUT2D eigenvalue weighted by molar-refractivity contribution is 6.02. The first-order chi connectivity index (χ1) is 17.9. The minimum atomic E-state index is -0.131. The number of nitrogens with one attached hydrogen (secondary N) is 1. The second-order valence-electron chi connectivity index (χ2n) is 10.6. The zero-order valence-electron chi connectivity index (χ0n) is 22.4. The number of hydrogen-bond acceptors (Lipinski definition) is 4. The quantitative estimate of drug-likeness (QED) is 0.563. The second kappa shape index (κ2) is 12.3. The molecule has 2 aliphatic rings. The molecule has 0 aromatic heterocycles. The van der Waals surface area contributed by atoms with Crippen molar-refractivity contribution in [3.63, 3.8) is 0 Å². The van der Waals surface area contributed by atoms with Crippen LogP contribution in [0.15, 0.2) is 48.5 Å². The van der Waals surface area contributed by atoms with Crippen molar-refractivity contribution in [1.82, 2.24) is 9.80 Å². The standard InChI is InChI=1S/C30H40N4O3/c1-4-25(23-10-6-5-7-11-23)29(36)34-18-16-32(17-19-34)27-13-12-24(31-28(35)20-22(2)3)21-26(27)30(37)33-14-8-9-15-33/h5-7,10-13,21-22,25H,4,8-9,14-20H2,1-3H3,(H,31,35). The average Bonchev–Trinajstić information content (AvgIpc) is 3.44. The van der Waals surface area contributed by atoms with Crippen molar-refractivity contribution in [3.8, 4) is 0 Å². The third-order valence-electron chi connectivity index (χ3n) is 7.34. The highest BCUT2D eigenvalue weighted by Crippen LogP contribution is 2.29. The predicted molar refractivity (Wildman–Crippen MR) is 148 cm³/mol. The number of nitrogens with zero attached hydrogens (tertiary/aromatic N) is 3. The summed E-state index contributed by atoms with van der Waals surface area (Å²) in [4.78, 5) is 45.3. The van der Waals surface area contributed by atoms with Gasteiger partial charge in [-0.05, 0) is 48.9 Å². The smallest absolute Gasteiger partial charge is 0.256 e. The molecule has 4 rings (SSSR count). The summed E-state index contributed by atoms with van der Waals surface area (Å²) in [6, 6.07) is 15.7. The fourth-order valence-corrected chi connectivity index (χ4v) is 5.36. The Morgan fingerprint density at radius 1 is 0.865 bits per heavy atom. The minimum absolute atomic E-state index is 0.0149. The van der Waals surface area contributed by atoms with Crippen molar-refractivity contribution in [2.24, 2.45) is 5.92 Å². The lowest BCUT2D eigenvalue weighted by atomic mass is 9.94. The van der Waals surface area contributed by atoms with E-state index < -0.39 is 0 Å². The molecule has 2 aromatic rings. The van der Waals surface area contributed by atoms with Gasteiger partial charge in [0.05, 0.1) is 11.5 Å². The van der Waals surface area contributed by atoms with Crippen molar-refractivity contribution < 1.29 is 14.4 Å². The zero-order chi connectivity index (χ0) is 26.4. The molecule has 0 spiro atoms. The molecular formula is C30H40N4O3. The van der Waals surface area contributed by atoms with Crippen LogP contribution >= 0.6 is 0 Å². The van der Waals surface area contributed by atoms with E-state index in [4.69, 9.17) is 0 Å². The van der Waals surface area contributed by atoms with Crippen LogP contribution in [0.5, 0.6) is 0 Å². The van der Waals surface area contributed by atoms with Gasteiger partial charge in [-0.25, -0.2) is 0 Å². The van der Waals surface area contributed by atoms with Crippen molar-refractivity contribution in [2.75, 3.05) is 49.5 Å². The van der Waals surface area contributed by atoms with Crippen LogP contribution in [0.25, 0.3) is 0 Å². The molecule has 2 saturated heterocycles. The van der Waals surface area contributed by atoms with E-state index in [1.165, 1.54) is 0 Å². The van der Waals surface area contributed by atoms with E-state index in [9.17, 15) is 14.4 Å². The van der Waals surface area contributed by atoms with Crippen LogP contribution in [-0.2, 0) is 9.59 Å². The zero-order valence-corrected chi connectivity index (χ0v) is 22.4. The van der Waals surface area contributed by atoms with Crippen LogP contribution in [0.1, 0.15) is 68.3 Å². The van der Waals surface area contributed by atoms with E-state index in [1.807, 2.05) is 72.2 Å². The Kier molecular flexibility index (Phi) is 8.85. The number of hydrogen-bond donors (Lipinski definition) is 1. The molecule has 7 heteroatoms.